The van der Waals surface area contributed by atoms with Crippen LogP contribution in [0.5, 0.6) is 0 Å². The molecule has 2 unspecified atom stereocenters. The average Bonchev–Trinajstić information content (AvgIpc) is 2.64. The van der Waals surface area contributed by atoms with E-state index in [-0.39, 0.29) is 24.3 Å². The summed E-state index contributed by atoms with van der Waals surface area (Å²) in [6.45, 7) is 2.33. The van der Waals surface area contributed by atoms with Crippen LogP contribution in [0.3, 0.4) is 0 Å². The normalized spacial score (nSPS) is 31.0. The Hall–Kier alpha value is -0.170. The summed E-state index contributed by atoms with van der Waals surface area (Å²) in [7, 11) is -3.23. The highest BCUT2D eigenvalue weighted by atomic mass is 32.2. The van der Waals surface area contributed by atoms with E-state index in [0.29, 0.717) is 6.54 Å². The van der Waals surface area contributed by atoms with E-state index in [1.54, 1.807) is 4.31 Å². The van der Waals surface area contributed by atoms with Crippen molar-refractivity contribution in [1.82, 2.24) is 9.62 Å². The molecule has 0 aromatic rings. The Morgan fingerprint density at radius 1 is 1.16 bits per heavy atom. The monoisotopic (exact) mass is 290 g/mol. The fourth-order valence-corrected chi connectivity index (χ4v) is 5.26. The fraction of sp³-hybridized carbons (Fsp3) is 1.00. The van der Waals surface area contributed by atoms with Crippen LogP contribution in [0, 0.1) is 5.92 Å². The summed E-state index contributed by atoms with van der Waals surface area (Å²) < 4.78 is 26.7. The van der Waals surface area contributed by atoms with Gasteiger partial charge in [-0.05, 0) is 44.7 Å². The molecule has 0 radical (unpaired) electrons. The molecule has 0 amide bonds. The van der Waals surface area contributed by atoms with Gasteiger partial charge in [-0.15, -0.1) is 0 Å². The molecule has 2 aliphatic heterocycles. The van der Waals surface area contributed by atoms with Crippen molar-refractivity contribution in [3.05, 3.63) is 0 Å². The van der Waals surface area contributed by atoms with Crippen molar-refractivity contribution in [2.75, 3.05) is 32.0 Å². The van der Waals surface area contributed by atoms with Crippen molar-refractivity contribution < 1.29 is 13.5 Å². The van der Waals surface area contributed by atoms with E-state index in [4.69, 9.17) is 0 Å². The lowest BCUT2D eigenvalue weighted by atomic mass is 10.0. The quantitative estimate of drug-likeness (QED) is 0.793. The first kappa shape index (κ1) is 15.2. The van der Waals surface area contributed by atoms with Gasteiger partial charge in [0.15, 0.2) is 0 Å². The molecule has 6 heteroatoms. The Labute approximate surface area is 116 Å². The van der Waals surface area contributed by atoms with Gasteiger partial charge in [0.2, 0.25) is 10.0 Å². The van der Waals surface area contributed by atoms with Crippen LogP contribution in [0.1, 0.15) is 38.5 Å². The van der Waals surface area contributed by atoms with Gasteiger partial charge in [-0.25, -0.2) is 8.42 Å². The number of aliphatic hydroxyl groups is 1. The molecule has 2 saturated heterocycles. The average molecular weight is 290 g/mol. The number of nitrogens with one attached hydrogen (secondary N) is 1. The SMILES string of the molecule is O=S(=O)(CC1CCCNC1)N1CCCCCC1CO. The Balaban J connectivity index is 2.02. The summed E-state index contributed by atoms with van der Waals surface area (Å²) in [5.41, 5.74) is 0. The lowest BCUT2D eigenvalue weighted by molar-refractivity contribution is 0.185. The molecule has 0 saturated carbocycles. The van der Waals surface area contributed by atoms with Gasteiger partial charge in [-0.2, -0.15) is 4.31 Å². The van der Waals surface area contributed by atoms with E-state index in [1.165, 1.54) is 0 Å². The zero-order chi connectivity index (χ0) is 13.7. The summed E-state index contributed by atoms with van der Waals surface area (Å²) in [5, 5.41) is 12.7. The number of hydrogen-bond acceptors (Lipinski definition) is 4. The number of nitrogens with zero attached hydrogens (tertiary/aromatic N) is 1. The topological polar surface area (TPSA) is 69.6 Å². The molecule has 0 aromatic carbocycles. The van der Waals surface area contributed by atoms with Gasteiger partial charge in [-0.1, -0.05) is 12.8 Å². The van der Waals surface area contributed by atoms with Gasteiger partial charge in [-0.3, -0.25) is 0 Å². The van der Waals surface area contributed by atoms with Gasteiger partial charge in [0.25, 0.3) is 0 Å². The molecule has 19 heavy (non-hydrogen) atoms. The van der Waals surface area contributed by atoms with Crippen molar-refractivity contribution in [2.45, 2.75) is 44.6 Å². The van der Waals surface area contributed by atoms with Crippen LogP contribution >= 0.6 is 0 Å². The third-order valence-corrected chi connectivity index (χ3v) is 6.32. The summed E-state index contributed by atoms with van der Waals surface area (Å²) >= 11 is 0. The van der Waals surface area contributed by atoms with Gasteiger partial charge in [0.05, 0.1) is 12.4 Å². The van der Waals surface area contributed by atoms with Crippen LogP contribution in [-0.4, -0.2) is 55.9 Å². The minimum absolute atomic E-state index is 0.0534. The molecule has 2 heterocycles. The number of aliphatic hydroxyl groups excluding tert-OH is 1. The Kier molecular flexibility index (Phi) is 5.62. The molecule has 0 aliphatic carbocycles. The summed E-state index contributed by atoms with van der Waals surface area (Å²) in [4.78, 5) is 0. The van der Waals surface area contributed by atoms with Gasteiger partial charge in [0, 0.05) is 12.6 Å². The van der Waals surface area contributed by atoms with Gasteiger partial charge < -0.3 is 10.4 Å². The minimum Gasteiger partial charge on any atom is -0.395 e. The van der Waals surface area contributed by atoms with Crippen LogP contribution in [0.2, 0.25) is 0 Å². The highest BCUT2D eigenvalue weighted by molar-refractivity contribution is 7.89. The summed E-state index contributed by atoms with van der Waals surface area (Å²) in [5.74, 6) is 0.456. The van der Waals surface area contributed by atoms with Crippen molar-refractivity contribution in [1.29, 1.82) is 0 Å². The van der Waals surface area contributed by atoms with E-state index in [1.807, 2.05) is 0 Å². The van der Waals surface area contributed by atoms with Crippen LogP contribution in [0.4, 0.5) is 0 Å². The van der Waals surface area contributed by atoms with E-state index >= 15 is 0 Å². The first-order valence-corrected chi connectivity index (χ1v) is 9.05. The highest BCUT2D eigenvalue weighted by Gasteiger charge is 2.32. The third-order valence-electron chi connectivity index (χ3n) is 4.24. The highest BCUT2D eigenvalue weighted by Crippen LogP contribution is 2.22. The Bertz CT molecular complexity index is 366. The second-order valence-electron chi connectivity index (χ2n) is 5.79. The molecule has 2 aliphatic rings. The van der Waals surface area contributed by atoms with Crippen molar-refractivity contribution >= 4 is 10.0 Å². The van der Waals surface area contributed by atoms with Crippen molar-refractivity contribution in [2.24, 2.45) is 5.92 Å². The lowest BCUT2D eigenvalue weighted by Crippen LogP contribution is -2.45. The Morgan fingerprint density at radius 3 is 2.68 bits per heavy atom. The minimum atomic E-state index is -3.23. The number of sulfonamides is 1. The largest absolute Gasteiger partial charge is 0.395 e. The van der Waals surface area contributed by atoms with E-state index in [2.05, 4.69) is 5.32 Å². The van der Waals surface area contributed by atoms with Crippen molar-refractivity contribution in [3.8, 4) is 0 Å². The number of piperidine rings is 1. The molecule has 0 aromatic heterocycles. The zero-order valence-corrected chi connectivity index (χ0v) is 12.4. The third kappa shape index (κ3) is 4.15. The maximum Gasteiger partial charge on any atom is 0.214 e. The molecule has 0 bridgehead atoms. The fourth-order valence-electron chi connectivity index (χ4n) is 3.16. The molecule has 2 atom stereocenters. The molecule has 0 spiro atoms. The van der Waals surface area contributed by atoms with Gasteiger partial charge >= 0.3 is 0 Å². The second-order valence-corrected chi connectivity index (χ2v) is 7.75. The predicted octanol–water partition coefficient (Wildman–Crippen LogP) is 0.553. The number of hydrogen-bond donors (Lipinski definition) is 2. The molecular formula is C13H26N2O3S. The zero-order valence-electron chi connectivity index (χ0n) is 11.6. The standard InChI is InChI=1S/C13H26N2O3S/c16-10-13-6-2-1-3-8-15(13)19(17,18)11-12-5-4-7-14-9-12/h12-14,16H,1-11H2. The summed E-state index contributed by atoms with van der Waals surface area (Å²) in [6, 6.07) is -0.205. The first-order valence-electron chi connectivity index (χ1n) is 7.44. The maximum atomic E-state index is 12.6. The van der Waals surface area contributed by atoms with E-state index in [0.717, 1.165) is 51.6 Å². The smallest absolute Gasteiger partial charge is 0.214 e. The van der Waals surface area contributed by atoms with Crippen LogP contribution in [0.15, 0.2) is 0 Å². The molecule has 2 rings (SSSR count). The van der Waals surface area contributed by atoms with E-state index in [9.17, 15) is 13.5 Å². The maximum absolute atomic E-state index is 12.6. The first-order chi connectivity index (χ1) is 9.13. The van der Waals surface area contributed by atoms with Crippen molar-refractivity contribution in [3.63, 3.8) is 0 Å². The number of rotatable bonds is 4. The van der Waals surface area contributed by atoms with Gasteiger partial charge in [0.1, 0.15) is 0 Å². The second kappa shape index (κ2) is 7.02. The molecule has 2 fully saturated rings. The van der Waals surface area contributed by atoms with Crippen LogP contribution < -0.4 is 5.32 Å². The van der Waals surface area contributed by atoms with Crippen LogP contribution in [0.25, 0.3) is 0 Å². The predicted molar refractivity (Wildman–Crippen MR) is 75.4 cm³/mol. The Morgan fingerprint density at radius 2 is 2.00 bits per heavy atom. The lowest BCUT2D eigenvalue weighted by Gasteiger charge is -2.30. The molecule has 5 nitrogen and oxygen atoms in total. The molecule has 112 valence electrons. The summed E-state index contributed by atoms with van der Waals surface area (Å²) in [6.07, 6.45) is 5.83. The molecule has 2 N–H and O–H groups in total. The molecular weight excluding hydrogens is 264 g/mol. The van der Waals surface area contributed by atoms with Crippen LogP contribution in [-0.2, 0) is 10.0 Å². The van der Waals surface area contributed by atoms with E-state index < -0.39 is 10.0 Å².